The fraction of sp³-hybridized carbons (Fsp3) is 0.300. The van der Waals surface area contributed by atoms with Gasteiger partial charge in [-0.2, -0.15) is 0 Å². The van der Waals surface area contributed by atoms with Crippen LogP contribution < -0.4 is 15.4 Å². The van der Waals surface area contributed by atoms with Crippen LogP contribution in [0.1, 0.15) is 0 Å². The Hall–Kier alpha value is -1.78. The number of nitrogen functional groups attached to an aromatic ring is 1. The highest BCUT2D eigenvalue weighted by atomic mass is 19.1. The molecule has 0 saturated carbocycles. The lowest BCUT2D eigenvalue weighted by Gasteiger charge is -2.28. The van der Waals surface area contributed by atoms with Crippen LogP contribution in [-0.2, 0) is 4.79 Å². The molecule has 4 nitrogen and oxygen atoms in total. The van der Waals surface area contributed by atoms with Crippen molar-refractivity contribution in [1.29, 1.82) is 0 Å². The van der Waals surface area contributed by atoms with E-state index in [0.29, 0.717) is 17.1 Å². The summed E-state index contributed by atoms with van der Waals surface area (Å²) in [5.41, 5.74) is 6.67. The Balaban J connectivity index is 2.41. The van der Waals surface area contributed by atoms with Gasteiger partial charge in [-0.1, -0.05) is 0 Å². The molecule has 80 valence electrons. The van der Waals surface area contributed by atoms with Crippen molar-refractivity contribution in [2.24, 2.45) is 0 Å². The van der Waals surface area contributed by atoms with Gasteiger partial charge in [-0.15, -0.1) is 0 Å². The molecule has 0 atom stereocenters. The second-order valence-corrected chi connectivity index (χ2v) is 3.25. The maximum Gasteiger partial charge on any atom is 0.265 e. The standard InChI is InChI=1S/C10H11FN2O2/c11-3-4-13-8-5-7(12)1-2-9(8)15-6-10(13)14/h1-2,5H,3-4,6,12H2. The Morgan fingerprint density at radius 1 is 1.53 bits per heavy atom. The first-order chi connectivity index (χ1) is 7.22. The van der Waals surface area contributed by atoms with Crippen molar-refractivity contribution in [1.82, 2.24) is 0 Å². The third-order valence-electron chi connectivity index (χ3n) is 2.23. The number of alkyl halides is 1. The average Bonchev–Trinajstić information content (AvgIpc) is 2.23. The number of ether oxygens (including phenoxy) is 1. The highest BCUT2D eigenvalue weighted by Crippen LogP contribution is 2.33. The zero-order chi connectivity index (χ0) is 10.8. The van der Waals surface area contributed by atoms with Gasteiger partial charge in [0, 0.05) is 5.69 Å². The number of carbonyl (C=O) groups excluding carboxylic acids is 1. The Morgan fingerprint density at radius 2 is 2.33 bits per heavy atom. The van der Waals surface area contributed by atoms with Gasteiger partial charge in [0.1, 0.15) is 12.4 Å². The maximum absolute atomic E-state index is 12.3. The zero-order valence-electron chi connectivity index (χ0n) is 8.07. The summed E-state index contributed by atoms with van der Waals surface area (Å²) >= 11 is 0. The van der Waals surface area contributed by atoms with Crippen LogP contribution in [0.2, 0.25) is 0 Å². The summed E-state index contributed by atoms with van der Waals surface area (Å²) < 4.78 is 17.5. The third-order valence-corrected chi connectivity index (χ3v) is 2.23. The van der Waals surface area contributed by atoms with Gasteiger partial charge >= 0.3 is 0 Å². The van der Waals surface area contributed by atoms with Crippen LogP contribution in [0.3, 0.4) is 0 Å². The monoisotopic (exact) mass is 210 g/mol. The van der Waals surface area contributed by atoms with E-state index in [9.17, 15) is 9.18 Å². The molecule has 0 spiro atoms. The van der Waals surface area contributed by atoms with E-state index in [0.717, 1.165) is 0 Å². The maximum atomic E-state index is 12.3. The summed E-state index contributed by atoms with van der Waals surface area (Å²) in [6.45, 7) is -0.588. The Bertz CT molecular complexity index is 395. The van der Waals surface area contributed by atoms with Crippen LogP contribution in [-0.4, -0.2) is 25.7 Å². The zero-order valence-corrected chi connectivity index (χ0v) is 8.07. The Morgan fingerprint density at radius 3 is 3.07 bits per heavy atom. The quantitative estimate of drug-likeness (QED) is 0.740. The number of halogens is 1. The summed E-state index contributed by atoms with van der Waals surface area (Å²) in [5, 5.41) is 0. The third kappa shape index (κ3) is 1.72. The van der Waals surface area contributed by atoms with Crippen molar-refractivity contribution in [3.63, 3.8) is 0 Å². The first-order valence-corrected chi connectivity index (χ1v) is 4.61. The average molecular weight is 210 g/mol. The Labute approximate surface area is 86.4 Å². The predicted molar refractivity (Wildman–Crippen MR) is 54.7 cm³/mol. The van der Waals surface area contributed by atoms with Crippen molar-refractivity contribution in [2.75, 3.05) is 30.5 Å². The van der Waals surface area contributed by atoms with Crippen LogP contribution in [0, 0.1) is 0 Å². The lowest BCUT2D eigenvalue weighted by atomic mass is 10.2. The minimum atomic E-state index is -0.583. The molecule has 0 saturated heterocycles. The summed E-state index contributed by atoms with van der Waals surface area (Å²) in [7, 11) is 0. The largest absolute Gasteiger partial charge is 0.482 e. The van der Waals surface area contributed by atoms with E-state index in [1.165, 1.54) is 4.90 Å². The molecule has 0 radical (unpaired) electrons. The van der Waals surface area contributed by atoms with Gasteiger partial charge in [-0.25, -0.2) is 4.39 Å². The number of carbonyl (C=O) groups is 1. The molecule has 1 aromatic rings. The van der Waals surface area contributed by atoms with Crippen molar-refractivity contribution < 1.29 is 13.9 Å². The van der Waals surface area contributed by atoms with E-state index >= 15 is 0 Å². The summed E-state index contributed by atoms with van der Waals surface area (Å²) in [5.74, 6) is 0.322. The van der Waals surface area contributed by atoms with E-state index < -0.39 is 6.67 Å². The molecule has 1 heterocycles. The summed E-state index contributed by atoms with van der Waals surface area (Å²) in [4.78, 5) is 12.8. The molecule has 2 N–H and O–H groups in total. The number of hydrogen-bond acceptors (Lipinski definition) is 3. The van der Waals surface area contributed by atoms with E-state index in [1.54, 1.807) is 18.2 Å². The van der Waals surface area contributed by atoms with Crippen LogP contribution >= 0.6 is 0 Å². The van der Waals surface area contributed by atoms with Crippen molar-refractivity contribution in [3.05, 3.63) is 18.2 Å². The van der Waals surface area contributed by atoms with E-state index in [-0.39, 0.29) is 19.1 Å². The molecule has 0 bridgehead atoms. The van der Waals surface area contributed by atoms with Crippen molar-refractivity contribution in [3.8, 4) is 5.75 Å². The molecule has 0 unspecified atom stereocenters. The molecule has 15 heavy (non-hydrogen) atoms. The van der Waals surface area contributed by atoms with Gasteiger partial charge in [-0.3, -0.25) is 4.79 Å². The fourth-order valence-electron chi connectivity index (χ4n) is 1.55. The molecule has 1 aliphatic heterocycles. The normalized spacial score (nSPS) is 14.7. The highest BCUT2D eigenvalue weighted by Gasteiger charge is 2.24. The number of anilines is 2. The van der Waals surface area contributed by atoms with Gasteiger partial charge in [0.2, 0.25) is 0 Å². The lowest BCUT2D eigenvalue weighted by Crippen LogP contribution is -2.40. The van der Waals surface area contributed by atoms with Crippen LogP contribution in [0.15, 0.2) is 18.2 Å². The molecular formula is C10H11FN2O2. The molecule has 0 aromatic heterocycles. The van der Waals surface area contributed by atoms with Crippen LogP contribution in [0.5, 0.6) is 5.75 Å². The van der Waals surface area contributed by atoms with Crippen molar-refractivity contribution >= 4 is 17.3 Å². The molecule has 5 heteroatoms. The van der Waals surface area contributed by atoms with E-state index in [2.05, 4.69) is 0 Å². The molecular weight excluding hydrogens is 199 g/mol. The second kappa shape index (κ2) is 3.76. The SMILES string of the molecule is Nc1ccc2c(c1)N(CCF)C(=O)CO2. The number of nitrogens with two attached hydrogens (primary N) is 1. The van der Waals surface area contributed by atoms with Gasteiger partial charge in [0.25, 0.3) is 5.91 Å². The van der Waals surface area contributed by atoms with Gasteiger partial charge in [0.15, 0.2) is 6.61 Å². The molecule has 1 aromatic carbocycles. The van der Waals surface area contributed by atoms with E-state index in [4.69, 9.17) is 10.5 Å². The summed E-state index contributed by atoms with van der Waals surface area (Å²) in [6, 6.07) is 4.98. The first-order valence-electron chi connectivity index (χ1n) is 4.61. The van der Waals surface area contributed by atoms with Gasteiger partial charge < -0.3 is 15.4 Å². The smallest absolute Gasteiger partial charge is 0.265 e. The van der Waals surface area contributed by atoms with Gasteiger partial charge in [-0.05, 0) is 18.2 Å². The summed E-state index contributed by atoms with van der Waals surface area (Å²) in [6.07, 6.45) is 0. The number of rotatable bonds is 2. The number of benzene rings is 1. The number of nitrogens with zero attached hydrogens (tertiary/aromatic N) is 1. The lowest BCUT2D eigenvalue weighted by molar-refractivity contribution is -0.121. The number of amides is 1. The van der Waals surface area contributed by atoms with Crippen LogP contribution in [0.4, 0.5) is 15.8 Å². The predicted octanol–water partition coefficient (Wildman–Crippen LogP) is 0.964. The highest BCUT2D eigenvalue weighted by molar-refractivity contribution is 5.98. The van der Waals surface area contributed by atoms with Crippen LogP contribution in [0.25, 0.3) is 0 Å². The molecule has 0 aliphatic carbocycles. The first kappa shape index (κ1) is 9.76. The minimum absolute atomic E-state index is 0.0403. The van der Waals surface area contributed by atoms with E-state index in [1.807, 2.05) is 0 Å². The molecule has 2 rings (SSSR count). The topological polar surface area (TPSA) is 55.6 Å². The second-order valence-electron chi connectivity index (χ2n) is 3.25. The van der Waals surface area contributed by atoms with Crippen molar-refractivity contribution in [2.45, 2.75) is 0 Å². The van der Waals surface area contributed by atoms with Gasteiger partial charge in [0.05, 0.1) is 12.2 Å². The molecule has 1 amide bonds. The Kier molecular flexibility index (Phi) is 2.45. The molecule has 1 aliphatic rings. The number of fused-ring (bicyclic) bond motifs is 1. The fourth-order valence-corrected chi connectivity index (χ4v) is 1.55. The minimum Gasteiger partial charge on any atom is -0.482 e. The number of hydrogen-bond donors (Lipinski definition) is 1. The molecule has 0 fully saturated rings.